The van der Waals surface area contributed by atoms with E-state index in [9.17, 15) is 19.8 Å². The molecule has 0 saturated heterocycles. The molecule has 284 valence electrons. The number of nitrogens with zero attached hydrogens (tertiary/aromatic N) is 1. The van der Waals surface area contributed by atoms with Crippen molar-refractivity contribution in [1.29, 1.82) is 0 Å². The molecule has 14 heteroatoms. The summed E-state index contributed by atoms with van der Waals surface area (Å²) in [4.78, 5) is 32.1. The van der Waals surface area contributed by atoms with Crippen LogP contribution in [0.1, 0.15) is 65.0 Å². The quantitative estimate of drug-likeness (QED) is 0.0598. The molecule has 0 amide bonds. The fourth-order valence-corrected chi connectivity index (χ4v) is 8.79. The Morgan fingerprint density at radius 1 is 1.04 bits per heavy atom. The van der Waals surface area contributed by atoms with Gasteiger partial charge in [0, 0.05) is 58.5 Å². The number of phenolic OH excluding ortho intramolecular Hbond substituents is 1. The van der Waals surface area contributed by atoms with E-state index in [0.29, 0.717) is 46.7 Å². The third kappa shape index (κ3) is 9.97. The Kier molecular flexibility index (Phi) is 14.3. The summed E-state index contributed by atoms with van der Waals surface area (Å²) in [5, 5.41) is 29.3. The number of carbonyl (C=O) groups is 1. The van der Waals surface area contributed by atoms with E-state index >= 15 is 0 Å². The van der Waals surface area contributed by atoms with Crippen LogP contribution in [0.15, 0.2) is 76.2 Å². The smallest absolute Gasteiger partial charge is 0.319 e. The van der Waals surface area contributed by atoms with Crippen molar-refractivity contribution in [3.63, 3.8) is 0 Å². The zero-order valence-corrected chi connectivity index (χ0v) is 32.0. The van der Waals surface area contributed by atoms with Crippen LogP contribution in [0.4, 0.5) is 4.70 Å². The number of phenols is 1. The van der Waals surface area contributed by atoms with Crippen molar-refractivity contribution in [3.05, 3.63) is 108 Å². The Hall–Kier alpha value is -3.98. The van der Waals surface area contributed by atoms with Crippen molar-refractivity contribution in [2.75, 3.05) is 33.9 Å². The van der Waals surface area contributed by atoms with Gasteiger partial charge in [-0.3, -0.25) is 14.3 Å². The number of fused-ring (bicyclic) bond motifs is 1. The maximum Gasteiger partial charge on any atom is 0.319 e. The average Bonchev–Trinajstić information content (AvgIpc) is 3.87. The molecule has 3 heterocycles. The number of aromatic hydroxyl groups is 1. The SMILES string of the molecule is COc1cc(OCCCN(C)[C@H]2CC[C@H](OC(=O)C(c3cccs3)c3cccs3)CC2)c(Cl)cc1CNC[C@H](O)c1ccc(O)c2[nH]c(=O)ccc12.F. The predicted molar refractivity (Wildman–Crippen MR) is 209 cm³/mol. The van der Waals surface area contributed by atoms with Gasteiger partial charge in [0.25, 0.3) is 0 Å². The van der Waals surface area contributed by atoms with Crippen LogP contribution in [0.2, 0.25) is 5.02 Å². The molecule has 0 unspecified atom stereocenters. The largest absolute Gasteiger partial charge is 0.506 e. The van der Waals surface area contributed by atoms with E-state index in [0.717, 1.165) is 54.0 Å². The number of esters is 1. The molecule has 53 heavy (non-hydrogen) atoms. The highest BCUT2D eigenvalue weighted by Crippen LogP contribution is 2.36. The normalized spacial score (nSPS) is 16.4. The van der Waals surface area contributed by atoms with E-state index in [1.807, 2.05) is 35.0 Å². The van der Waals surface area contributed by atoms with Gasteiger partial charge in [-0.2, -0.15) is 0 Å². The van der Waals surface area contributed by atoms with E-state index in [1.165, 1.54) is 12.1 Å². The van der Waals surface area contributed by atoms with Gasteiger partial charge in [-0.15, -0.1) is 22.7 Å². The highest BCUT2D eigenvalue weighted by Gasteiger charge is 2.31. The lowest BCUT2D eigenvalue weighted by atomic mass is 9.91. The summed E-state index contributed by atoms with van der Waals surface area (Å²) in [6.45, 7) is 1.94. The van der Waals surface area contributed by atoms with Crippen LogP contribution in [-0.2, 0) is 16.1 Å². The number of halogens is 2. The lowest BCUT2D eigenvalue weighted by molar-refractivity contribution is -0.151. The van der Waals surface area contributed by atoms with Gasteiger partial charge < -0.3 is 39.6 Å². The summed E-state index contributed by atoms with van der Waals surface area (Å²) in [5.41, 5.74) is 1.34. The fraction of sp³-hybridized carbons (Fsp3) is 0.385. The first-order valence-electron chi connectivity index (χ1n) is 17.4. The Morgan fingerprint density at radius 2 is 1.75 bits per heavy atom. The van der Waals surface area contributed by atoms with Crippen LogP contribution in [0.25, 0.3) is 10.9 Å². The minimum Gasteiger partial charge on any atom is -0.506 e. The van der Waals surface area contributed by atoms with E-state index in [-0.39, 0.29) is 46.1 Å². The van der Waals surface area contributed by atoms with Gasteiger partial charge >= 0.3 is 5.97 Å². The Bertz CT molecular complexity index is 1950. The number of ether oxygens (including phenoxy) is 3. The van der Waals surface area contributed by atoms with Crippen LogP contribution < -0.4 is 20.3 Å². The summed E-state index contributed by atoms with van der Waals surface area (Å²) in [5.74, 6) is 0.589. The first-order valence-corrected chi connectivity index (χ1v) is 19.6. The van der Waals surface area contributed by atoms with Gasteiger partial charge in [0.15, 0.2) is 0 Å². The zero-order valence-electron chi connectivity index (χ0n) is 29.6. The minimum absolute atomic E-state index is 0. The lowest BCUT2D eigenvalue weighted by Crippen LogP contribution is -2.38. The molecule has 1 saturated carbocycles. The number of aromatic nitrogens is 1. The number of hydrogen-bond acceptors (Lipinski definition) is 11. The number of aromatic amines is 1. The number of rotatable bonds is 16. The molecular formula is C39H45ClFN3O7S2. The number of carbonyl (C=O) groups excluding carboxylic acids is 1. The number of nitrogens with one attached hydrogen (secondary N) is 2. The molecule has 1 aliphatic rings. The lowest BCUT2D eigenvalue weighted by Gasteiger charge is -2.34. The van der Waals surface area contributed by atoms with Crippen molar-refractivity contribution in [2.24, 2.45) is 0 Å². The maximum absolute atomic E-state index is 13.3. The van der Waals surface area contributed by atoms with Crippen molar-refractivity contribution >= 4 is 51.1 Å². The van der Waals surface area contributed by atoms with Crippen molar-refractivity contribution in [3.8, 4) is 17.2 Å². The predicted octanol–water partition coefficient (Wildman–Crippen LogP) is 7.38. The zero-order chi connectivity index (χ0) is 36.6. The molecule has 6 rings (SSSR count). The number of hydrogen-bond donors (Lipinski definition) is 4. The molecule has 5 aromatic rings. The number of thiophene rings is 2. The van der Waals surface area contributed by atoms with Crippen LogP contribution in [-0.4, -0.2) is 72.1 Å². The van der Waals surface area contributed by atoms with E-state index < -0.39 is 6.10 Å². The summed E-state index contributed by atoms with van der Waals surface area (Å²) < 4.78 is 17.8. The Morgan fingerprint density at radius 3 is 2.42 bits per heavy atom. The molecule has 1 atom stereocenters. The summed E-state index contributed by atoms with van der Waals surface area (Å²) >= 11 is 9.81. The van der Waals surface area contributed by atoms with Gasteiger partial charge in [0.1, 0.15) is 29.3 Å². The number of aliphatic hydroxyl groups excluding tert-OH is 1. The maximum atomic E-state index is 13.3. The second kappa shape index (κ2) is 18.9. The molecular weight excluding hydrogens is 741 g/mol. The molecule has 0 aliphatic heterocycles. The van der Waals surface area contributed by atoms with Gasteiger partial charge in [-0.1, -0.05) is 29.8 Å². The van der Waals surface area contributed by atoms with Crippen LogP contribution in [0.3, 0.4) is 0 Å². The highest BCUT2D eigenvalue weighted by atomic mass is 35.5. The van der Waals surface area contributed by atoms with E-state index in [1.54, 1.807) is 54.0 Å². The highest BCUT2D eigenvalue weighted by molar-refractivity contribution is 7.11. The number of benzene rings is 2. The third-order valence-electron chi connectivity index (χ3n) is 9.61. The van der Waals surface area contributed by atoms with Gasteiger partial charge in [-0.05, 0) is 85.8 Å². The van der Waals surface area contributed by atoms with Gasteiger partial charge in [0.2, 0.25) is 5.56 Å². The molecule has 1 aliphatic carbocycles. The summed E-state index contributed by atoms with van der Waals surface area (Å²) in [6.07, 6.45) is 3.51. The van der Waals surface area contributed by atoms with Gasteiger partial charge in [-0.25, -0.2) is 0 Å². The van der Waals surface area contributed by atoms with E-state index in [4.69, 9.17) is 25.8 Å². The molecule has 4 N–H and O–H groups in total. The van der Waals surface area contributed by atoms with Crippen LogP contribution in [0.5, 0.6) is 17.2 Å². The first-order chi connectivity index (χ1) is 25.2. The second-order valence-corrected chi connectivity index (χ2v) is 15.4. The Balaban J connectivity index is 0.00000541. The molecule has 0 bridgehead atoms. The minimum atomic E-state index is -0.894. The second-order valence-electron chi connectivity index (χ2n) is 13.0. The number of methoxy groups -OCH3 is 1. The average molecular weight is 786 g/mol. The summed E-state index contributed by atoms with van der Waals surface area (Å²) in [6, 6.07) is 18.0. The Labute approximate surface area is 320 Å². The van der Waals surface area contributed by atoms with Crippen LogP contribution in [0, 0.1) is 0 Å². The molecule has 0 radical (unpaired) electrons. The van der Waals surface area contributed by atoms with Crippen molar-refractivity contribution in [2.45, 2.75) is 62.8 Å². The fourth-order valence-electron chi connectivity index (χ4n) is 6.82. The van der Waals surface area contributed by atoms with Gasteiger partial charge in [0.05, 0.1) is 30.4 Å². The molecule has 0 spiro atoms. The molecule has 2 aromatic carbocycles. The monoisotopic (exact) mass is 785 g/mol. The number of pyridine rings is 1. The van der Waals surface area contributed by atoms with Crippen LogP contribution >= 0.6 is 34.3 Å². The van der Waals surface area contributed by atoms with Crippen molar-refractivity contribution < 1.29 is 33.9 Å². The molecule has 1 fully saturated rings. The summed E-state index contributed by atoms with van der Waals surface area (Å²) in [7, 11) is 3.73. The van der Waals surface area contributed by atoms with Crippen molar-refractivity contribution in [1.82, 2.24) is 15.2 Å². The number of aliphatic hydroxyl groups is 1. The first kappa shape index (κ1) is 40.2. The molecule has 3 aromatic heterocycles. The third-order valence-corrected chi connectivity index (χ3v) is 11.8. The topological polar surface area (TPSA) is 133 Å². The number of H-pyrrole nitrogens is 1. The molecule has 10 nitrogen and oxygen atoms in total. The standard InChI is InChI=1S/C39H44ClN3O7S2.FH/c1-43(25-8-10-26(11-9-25)50-39(47)37(34-6-3-18-51-34)35-7-4-19-52-35)16-5-17-49-33-21-32(48-2)24(20-29(33)40)22-41-23-31(45)27-12-14-30(44)38-28(27)13-15-36(46)42-38;/h3-4,6-7,12-15,18-21,25-26,31,37,41,44-45H,5,8-11,16-17,22-23H2,1-2H3,(H,42,46);1H/t25-,26-,31-;/m0./s1. The van der Waals surface area contributed by atoms with E-state index in [2.05, 4.69) is 22.2 Å².